The summed E-state index contributed by atoms with van der Waals surface area (Å²) in [6.45, 7) is 4.46. The summed E-state index contributed by atoms with van der Waals surface area (Å²) in [5.41, 5.74) is 0.312. The second-order valence-corrected chi connectivity index (χ2v) is 11.1. The monoisotopic (exact) mass is 570 g/mol. The van der Waals surface area contributed by atoms with Gasteiger partial charge in [0.15, 0.2) is 0 Å². The van der Waals surface area contributed by atoms with Gasteiger partial charge in [-0.05, 0) is 62.2 Å². The van der Waals surface area contributed by atoms with Crippen molar-refractivity contribution >= 4 is 33.2 Å². The first kappa shape index (κ1) is 30.2. The van der Waals surface area contributed by atoms with Crippen molar-refractivity contribution in [2.45, 2.75) is 50.7 Å². The van der Waals surface area contributed by atoms with E-state index in [-0.39, 0.29) is 28.9 Å². The van der Waals surface area contributed by atoms with Crippen molar-refractivity contribution in [2.75, 3.05) is 10.8 Å². The molecule has 0 aromatic heterocycles. The first-order valence-corrected chi connectivity index (χ1v) is 14.0. The van der Waals surface area contributed by atoms with Crippen molar-refractivity contribution in [1.82, 2.24) is 10.2 Å². The van der Waals surface area contributed by atoms with E-state index in [2.05, 4.69) is 5.32 Å². The molecule has 0 fully saturated rings. The van der Waals surface area contributed by atoms with Crippen LogP contribution in [-0.2, 0) is 26.2 Å². The molecule has 0 bridgehead atoms. The normalized spacial score (nSPS) is 12.7. The highest BCUT2D eigenvalue weighted by Gasteiger charge is 2.33. The fraction of sp³-hybridized carbons (Fsp3) is 0.286. The number of nitro groups is 1. The van der Waals surface area contributed by atoms with Crippen LogP contribution < -0.4 is 9.62 Å². The smallest absolute Gasteiger partial charge is 0.269 e. The van der Waals surface area contributed by atoms with E-state index in [4.69, 9.17) is 0 Å². The number of carbonyl (C=O) groups is 2. The summed E-state index contributed by atoms with van der Waals surface area (Å²) in [6, 6.07) is 16.5. The summed E-state index contributed by atoms with van der Waals surface area (Å²) >= 11 is 0. The third-order valence-electron chi connectivity index (χ3n) is 6.39. The standard InChI is InChI=1S/C28H31FN4O6S/c1-4-20(2)30-28(35)21(3)31(18-22-10-12-23(29)13-11-22)27(34)19-32(24-14-16-25(17-15-24)33(36)37)40(38,39)26-8-6-5-7-9-26/h5-17,20-21H,4,18-19H2,1-3H3,(H,30,35)/t20-,21+/m1/s1. The van der Waals surface area contributed by atoms with Crippen molar-refractivity contribution in [2.24, 2.45) is 0 Å². The highest BCUT2D eigenvalue weighted by molar-refractivity contribution is 7.92. The molecule has 12 heteroatoms. The van der Waals surface area contributed by atoms with E-state index in [1.54, 1.807) is 6.07 Å². The SMILES string of the molecule is CC[C@@H](C)NC(=O)[C@H](C)N(Cc1ccc(F)cc1)C(=O)CN(c1ccc([N+](=O)[O-])cc1)S(=O)(=O)c1ccccc1. The van der Waals surface area contributed by atoms with Crippen molar-refractivity contribution in [3.63, 3.8) is 0 Å². The number of halogens is 1. The lowest BCUT2D eigenvalue weighted by Crippen LogP contribution is -2.52. The Kier molecular flexibility index (Phi) is 9.94. The minimum absolute atomic E-state index is 0.0289. The fourth-order valence-corrected chi connectivity index (χ4v) is 5.26. The number of nitro benzene ring substituents is 1. The number of nitrogens with zero attached hydrogens (tertiary/aromatic N) is 3. The number of hydrogen-bond donors (Lipinski definition) is 1. The van der Waals surface area contributed by atoms with Crippen molar-refractivity contribution in [3.05, 3.63) is 100 Å². The van der Waals surface area contributed by atoms with Crippen molar-refractivity contribution in [3.8, 4) is 0 Å². The minimum atomic E-state index is -4.30. The molecular weight excluding hydrogens is 539 g/mol. The molecule has 0 spiro atoms. The molecule has 0 saturated heterocycles. The molecule has 2 amide bonds. The van der Waals surface area contributed by atoms with Crippen molar-refractivity contribution < 1.29 is 27.3 Å². The first-order chi connectivity index (χ1) is 18.9. The number of hydrogen-bond acceptors (Lipinski definition) is 6. The van der Waals surface area contributed by atoms with Crippen LogP contribution in [0.2, 0.25) is 0 Å². The van der Waals surface area contributed by atoms with Crippen LogP contribution in [0.5, 0.6) is 0 Å². The third-order valence-corrected chi connectivity index (χ3v) is 8.18. The first-order valence-electron chi connectivity index (χ1n) is 12.6. The molecule has 40 heavy (non-hydrogen) atoms. The number of carbonyl (C=O) groups excluding carboxylic acids is 2. The Labute approximate surface area is 232 Å². The zero-order chi connectivity index (χ0) is 29.4. The van der Waals surface area contributed by atoms with Gasteiger partial charge in [0.25, 0.3) is 15.7 Å². The van der Waals surface area contributed by atoms with Crippen LogP contribution in [0.4, 0.5) is 15.8 Å². The topological polar surface area (TPSA) is 130 Å². The van der Waals surface area contributed by atoms with Gasteiger partial charge in [-0.15, -0.1) is 0 Å². The molecule has 10 nitrogen and oxygen atoms in total. The Bertz CT molecular complexity index is 1430. The number of sulfonamides is 1. The fourth-order valence-electron chi connectivity index (χ4n) is 3.82. The molecule has 0 aliphatic rings. The predicted octanol–water partition coefficient (Wildman–Crippen LogP) is 4.26. The third kappa shape index (κ3) is 7.41. The molecule has 3 rings (SSSR count). The van der Waals surface area contributed by atoms with Gasteiger partial charge in [-0.25, -0.2) is 12.8 Å². The molecule has 0 aliphatic heterocycles. The largest absolute Gasteiger partial charge is 0.352 e. The zero-order valence-corrected chi connectivity index (χ0v) is 23.2. The molecule has 212 valence electrons. The van der Waals surface area contributed by atoms with Gasteiger partial charge < -0.3 is 10.2 Å². The Hall–Kier alpha value is -4.32. The molecular formula is C28H31FN4O6S. The molecule has 0 radical (unpaired) electrons. The Morgan fingerprint density at radius 2 is 1.57 bits per heavy atom. The maximum atomic E-state index is 13.8. The van der Waals surface area contributed by atoms with E-state index in [0.29, 0.717) is 12.0 Å². The van der Waals surface area contributed by atoms with Crippen LogP contribution >= 0.6 is 0 Å². The highest BCUT2D eigenvalue weighted by atomic mass is 32.2. The number of anilines is 1. The lowest BCUT2D eigenvalue weighted by molar-refractivity contribution is -0.384. The van der Waals surface area contributed by atoms with Gasteiger partial charge in [-0.3, -0.25) is 24.0 Å². The summed E-state index contributed by atoms with van der Waals surface area (Å²) in [7, 11) is -4.30. The highest BCUT2D eigenvalue weighted by Crippen LogP contribution is 2.26. The van der Waals surface area contributed by atoms with E-state index in [0.717, 1.165) is 16.4 Å². The van der Waals surface area contributed by atoms with E-state index < -0.39 is 45.2 Å². The molecule has 0 aliphatic carbocycles. The van der Waals surface area contributed by atoms with Crippen LogP contribution in [0, 0.1) is 15.9 Å². The molecule has 1 N–H and O–H groups in total. The maximum Gasteiger partial charge on any atom is 0.269 e. The van der Waals surface area contributed by atoms with Crippen LogP contribution in [0.25, 0.3) is 0 Å². The summed E-state index contributed by atoms with van der Waals surface area (Å²) in [6.07, 6.45) is 0.660. The summed E-state index contributed by atoms with van der Waals surface area (Å²) < 4.78 is 41.8. The van der Waals surface area contributed by atoms with Crippen LogP contribution in [0.1, 0.15) is 32.8 Å². The van der Waals surface area contributed by atoms with Crippen molar-refractivity contribution in [1.29, 1.82) is 0 Å². The summed E-state index contributed by atoms with van der Waals surface area (Å²) in [5, 5.41) is 14.0. The Balaban J connectivity index is 2.02. The summed E-state index contributed by atoms with van der Waals surface area (Å²) in [5.74, 6) is -1.60. The second-order valence-electron chi connectivity index (χ2n) is 9.24. The average molecular weight is 571 g/mol. The quantitative estimate of drug-likeness (QED) is 0.256. The van der Waals surface area contributed by atoms with Gasteiger partial charge in [-0.1, -0.05) is 37.3 Å². The van der Waals surface area contributed by atoms with Gasteiger partial charge in [0.2, 0.25) is 11.8 Å². The molecule has 3 aromatic rings. The van der Waals surface area contributed by atoms with Crippen LogP contribution in [-0.4, -0.2) is 48.7 Å². The zero-order valence-electron chi connectivity index (χ0n) is 22.4. The molecule has 0 unspecified atom stereocenters. The number of non-ortho nitro benzene ring substituents is 1. The van der Waals surface area contributed by atoms with E-state index in [1.807, 2.05) is 13.8 Å². The van der Waals surface area contributed by atoms with E-state index >= 15 is 0 Å². The van der Waals surface area contributed by atoms with E-state index in [1.165, 1.54) is 72.5 Å². The van der Waals surface area contributed by atoms with Gasteiger partial charge in [0.05, 0.1) is 15.5 Å². The van der Waals surface area contributed by atoms with Gasteiger partial charge in [-0.2, -0.15) is 0 Å². The van der Waals surface area contributed by atoms with Gasteiger partial charge >= 0.3 is 0 Å². The summed E-state index contributed by atoms with van der Waals surface area (Å²) in [4.78, 5) is 38.5. The number of rotatable bonds is 12. The van der Waals surface area contributed by atoms with Crippen LogP contribution in [0.3, 0.4) is 0 Å². The molecule has 3 aromatic carbocycles. The predicted molar refractivity (Wildman–Crippen MR) is 148 cm³/mol. The maximum absolute atomic E-state index is 13.8. The Morgan fingerprint density at radius 3 is 2.12 bits per heavy atom. The average Bonchev–Trinajstić information content (AvgIpc) is 2.95. The van der Waals surface area contributed by atoms with Gasteiger partial charge in [0, 0.05) is 24.7 Å². The number of nitrogens with one attached hydrogen (secondary N) is 1. The molecule has 0 saturated carbocycles. The Morgan fingerprint density at radius 1 is 0.975 bits per heavy atom. The minimum Gasteiger partial charge on any atom is -0.352 e. The number of amides is 2. The van der Waals surface area contributed by atoms with Crippen LogP contribution in [0.15, 0.2) is 83.8 Å². The number of benzene rings is 3. The lowest BCUT2D eigenvalue weighted by Gasteiger charge is -2.32. The van der Waals surface area contributed by atoms with Gasteiger partial charge in [0.1, 0.15) is 18.4 Å². The second kappa shape index (κ2) is 13.2. The van der Waals surface area contributed by atoms with E-state index in [9.17, 15) is 32.5 Å². The molecule has 0 heterocycles. The molecule has 2 atom stereocenters. The lowest BCUT2D eigenvalue weighted by atomic mass is 10.1.